The second kappa shape index (κ2) is 9.14. The molecular formula is C20H29N3O3. The van der Waals surface area contributed by atoms with Gasteiger partial charge in [0.25, 0.3) is 0 Å². The van der Waals surface area contributed by atoms with Crippen LogP contribution in [0.25, 0.3) is 0 Å². The van der Waals surface area contributed by atoms with Crippen molar-refractivity contribution in [2.75, 3.05) is 45.9 Å². The van der Waals surface area contributed by atoms with Crippen LogP contribution in [-0.4, -0.2) is 73.6 Å². The van der Waals surface area contributed by atoms with E-state index in [1.165, 1.54) is 5.56 Å². The third kappa shape index (κ3) is 5.05. The Morgan fingerprint density at radius 1 is 1.27 bits per heavy atom. The molecule has 2 amide bonds. The summed E-state index contributed by atoms with van der Waals surface area (Å²) in [5, 5.41) is 3.04. The summed E-state index contributed by atoms with van der Waals surface area (Å²) in [6, 6.07) is 10.4. The number of rotatable bonds is 7. The van der Waals surface area contributed by atoms with Crippen molar-refractivity contribution in [2.24, 2.45) is 5.92 Å². The number of amides is 2. The first-order valence-corrected chi connectivity index (χ1v) is 9.54. The van der Waals surface area contributed by atoms with Crippen molar-refractivity contribution in [1.29, 1.82) is 0 Å². The standard InChI is InChI=1S/C20H29N3O3/c1-16(22-9-11-26-12-10-22)14-21-20(25)18-13-19(24)23(15-18)8-7-17-5-3-2-4-6-17/h2-6,16,18H,7-15H2,1H3,(H,21,25). The van der Waals surface area contributed by atoms with Crippen LogP contribution in [0.5, 0.6) is 0 Å². The highest BCUT2D eigenvalue weighted by atomic mass is 16.5. The third-order valence-electron chi connectivity index (χ3n) is 5.34. The van der Waals surface area contributed by atoms with Crippen molar-refractivity contribution in [3.63, 3.8) is 0 Å². The molecule has 3 rings (SSSR count). The maximum Gasteiger partial charge on any atom is 0.225 e. The van der Waals surface area contributed by atoms with Gasteiger partial charge in [-0.05, 0) is 18.9 Å². The molecule has 142 valence electrons. The number of hydrogen-bond acceptors (Lipinski definition) is 4. The van der Waals surface area contributed by atoms with Gasteiger partial charge in [0.1, 0.15) is 0 Å². The number of ether oxygens (including phenoxy) is 1. The summed E-state index contributed by atoms with van der Waals surface area (Å²) in [6.45, 7) is 7.28. The fraction of sp³-hybridized carbons (Fsp3) is 0.600. The topological polar surface area (TPSA) is 61.9 Å². The lowest BCUT2D eigenvalue weighted by Crippen LogP contribution is -2.48. The Morgan fingerprint density at radius 3 is 2.73 bits per heavy atom. The van der Waals surface area contributed by atoms with Crippen molar-refractivity contribution in [1.82, 2.24) is 15.1 Å². The van der Waals surface area contributed by atoms with Gasteiger partial charge in [0.05, 0.1) is 19.1 Å². The molecule has 26 heavy (non-hydrogen) atoms. The second-order valence-electron chi connectivity index (χ2n) is 7.22. The molecule has 2 heterocycles. The lowest BCUT2D eigenvalue weighted by atomic mass is 10.1. The molecule has 0 aromatic heterocycles. The molecule has 2 aliphatic rings. The van der Waals surface area contributed by atoms with Gasteiger partial charge < -0.3 is 15.0 Å². The summed E-state index contributed by atoms with van der Waals surface area (Å²) in [4.78, 5) is 28.8. The van der Waals surface area contributed by atoms with Gasteiger partial charge in [0, 0.05) is 45.2 Å². The molecule has 6 heteroatoms. The number of carbonyl (C=O) groups is 2. The minimum Gasteiger partial charge on any atom is -0.379 e. The van der Waals surface area contributed by atoms with E-state index < -0.39 is 0 Å². The molecule has 2 atom stereocenters. The van der Waals surface area contributed by atoms with Crippen LogP contribution in [0, 0.1) is 5.92 Å². The predicted molar refractivity (Wildman–Crippen MR) is 99.7 cm³/mol. The second-order valence-corrected chi connectivity index (χ2v) is 7.22. The zero-order valence-corrected chi connectivity index (χ0v) is 15.5. The normalized spacial score (nSPS) is 22.4. The lowest BCUT2D eigenvalue weighted by Gasteiger charge is -2.32. The van der Waals surface area contributed by atoms with Crippen molar-refractivity contribution in [3.05, 3.63) is 35.9 Å². The van der Waals surface area contributed by atoms with Crippen LogP contribution in [0.4, 0.5) is 0 Å². The van der Waals surface area contributed by atoms with E-state index in [1.54, 1.807) is 0 Å². The molecule has 1 N–H and O–H groups in total. The number of morpholine rings is 1. The zero-order chi connectivity index (χ0) is 18.4. The van der Waals surface area contributed by atoms with Crippen LogP contribution >= 0.6 is 0 Å². The molecule has 6 nitrogen and oxygen atoms in total. The SMILES string of the molecule is CC(CNC(=O)C1CC(=O)N(CCc2ccccc2)C1)N1CCOCC1. The Hall–Kier alpha value is -1.92. The minimum absolute atomic E-state index is 0.000621. The highest BCUT2D eigenvalue weighted by Gasteiger charge is 2.34. The van der Waals surface area contributed by atoms with E-state index in [2.05, 4.69) is 29.3 Å². The van der Waals surface area contributed by atoms with Crippen LogP contribution < -0.4 is 5.32 Å². The number of hydrogen-bond donors (Lipinski definition) is 1. The lowest BCUT2D eigenvalue weighted by molar-refractivity contribution is -0.129. The smallest absolute Gasteiger partial charge is 0.225 e. The fourth-order valence-electron chi connectivity index (χ4n) is 3.61. The Morgan fingerprint density at radius 2 is 2.00 bits per heavy atom. The van der Waals surface area contributed by atoms with Crippen LogP contribution in [0.2, 0.25) is 0 Å². The number of carbonyl (C=O) groups excluding carboxylic acids is 2. The van der Waals surface area contributed by atoms with Gasteiger partial charge in [-0.3, -0.25) is 14.5 Å². The van der Waals surface area contributed by atoms with Gasteiger partial charge in [-0.2, -0.15) is 0 Å². The molecule has 2 unspecified atom stereocenters. The molecule has 1 aromatic rings. The van der Waals surface area contributed by atoms with E-state index in [-0.39, 0.29) is 23.8 Å². The van der Waals surface area contributed by atoms with Gasteiger partial charge in [0.2, 0.25) is 11.8 Å². The molecule has 2 saturated heterocycles. The van der Waals surface area contributed by atoms with Crippen LogP contribution in [0.15, 0.2) is 30.3 Å². The highest BCUT2D eigenvalue weighted by Crippen LogP contribution is 2.18. The molecular weight excluding hydrogens is 330 g/mol. The van der Waals surface area contributed by atoms with Crippen LogP contribution in [-0.2, 0) is 20.7 Å². The summed E-state index contributed by atoms with van der Waals surface area (Å²) in [5.74, 6) is -0.141. The third-order valence-corrected chi connectivity index (χ3v) is 5.34. The molecule has 0 bridgehead atoms. The molecule has 0 aliphatic carbocycles. The number of benzene rings is 1. The Bertz CT molecular complexity index is 602. The first-order chi connectivity index (χ1) is 12.6. The van der Waals surface area contributed by atoms with E-state index in [0.717, 1.165) is 32.7 Å². The number of nitrogens with zero attached hydrogens (tertiary/aromatic N) is 2. The first-order valence-electron chi connectivity index (χ1n) is 9.54. The largest absolute Gasteiger partial charge is 0.379 e. The molecule has 0 radical (unpaired) electrons. The van der Waals surface area contributed by atoms with Gasteiger partial charge >= 0.3 is 0 Å². The maximum atomic E-state index is 12.5. The summed E-state index contributed by atoms with van der Waals surface area (Å²) < 4.78 is 5.36. The van der Waals surface area contributed by atoms with Crippen molar-refractivity contribution >= 4 is 11.8 Å². The Labute approximate surface area is 155 Å². The van der Waals surface area contributed by atoms with Crippen LogP contribution in [0.3, 0.4) is 0 Å². The van der Waals surface area contributed by atoms with E-state index in [1.807, 2.05) is 23.1 Å². The quantitative estimate of drug-likeness (QED) is 0.786. The average molecular weight is 359 g/mol. The number of nitrogens with one attached hydrogen (secondary N) is 1. The average Bonchev–Trinajstić information content (AvgIpc) is 3.06. The first kappa shape index (κ1) is 18.9. The summed E-state index contributed by atoms with van der Waals surface area (Å²) in [6.07, 6.45) is 1.15. The van der Waals surface area contributed by atoms with E-state index >= 15 is 0 Å². The Kier molecular flexibility index (Phi) is 6.63. The summed E-state index contributed by atoms with van der Waals surface area (Å²) in [7, 11) is 0. The summed E-state index contributed by atoms with van der Waals surface area (Å²) in [5.41, 5.74) is 1.22. The van der Waals surface area contributed by atoms with Gasteiger partial charge in [-0.25, -0.2) is 0 Å². The zero-order valence-electron chi connectivity index (χ0n) is 15.5. The van der Waals surface area contributed by atoms with E-state index in [4.69, 9.17) is 4.74 Å². The highest BCUT2D eigenvalue weighted by molar-refractivity contribution is 5.89. The maximum absolute atomic E-state index is 12.5. The van der Waals surface area contributed by atoms with Crippen molar-refractivity contribution in [3.8, 4) is 0 Å². The monoisotopic (exact) mass is 359 g/mol. The van der Waals surface area contributed by atoms with Gasteiger partial charge in [-0.15, -0.1) is 0 Å². The van der Waals surface area contributed by atoms with E-state index in [9.17, 15) is 9.59 Å². The van der Waals surface area contributed by atoms with Crippen LogP contribution in [0.1, 0.15) is 18.9 Å². The minimum atomic E-state index is -0.227. The van der Waals surface area contributed by atoms with Crippen molar-refractivity contribution < 1.29 is 14.3 Å². The van der Waals surface area contributed by atoms with E-state index in [0.29, 0.717) is 26.1 Å². The molecule has 0 spiro atoms. The molecule has 0 saturated carbocycles. The molecule has 2 fully saturated rings. The molecule has 2 aliphatic heterocycles. The van der Waals surface area contributed by atoms with Gasteiger partial charge in [-0.1, -0.05) is 30.3 Å². The van der Waals surface area contributed by atoms with Crippen molar-refractivity contribution in [2.45, 2.75) is 25.8 Å². The number of likely N-dealkylation sites (tertiary alicyclic amines) is 1. The van der Waals surface area contributed by atoms with Gasteiger partial charge in [0.15, 0.2) is 0 Å². The Balaban J connectivity index is 1.41. The fourth-order valence-corrected chi connectivity index (χ4v) is 3.61. The summed E-state index contributed by atoms with van der Waals surface area (Å²) >= 11 is 0. The predicted octanol–water partition coefficient (Wildman–Crippen LogP) is 0.915. The molecule has 1 aromatic carbocycles.